The Hall–Kier alpha value is -5.80. The van der Waals surface area contributed by atoms with Crippen molar-refractivity contribution in [2.45, 2.75) is 56.7 Å². The summed E-state index contributed by atoms with van der Waals surface area (Å²) in [6.45, 7) is 6.26. The zero-order valence-corrected chi connectivity index (χ0v) is 35.6. The third kappa shape index (κ3) is 10.5. The van der Waals surface area contributed by atoms with Crippen molar-refractivity contribution in [1.29, 1.82) is 0 Å². The van der Waals surface area contributed by atoms with Crippen molar-refractivity contribution in [2.24, 2.45) is 10.6 Å². The number of thioether (sulfide) groups is 2. The van der Waals surface area contributed by atoms with Gasteiger partial charge in [-0.15, -0.1) is 34.9 Å². The number of hydrazine groups is 1. The van der Waals surface area contributed by atoms with Crippen LogP contribution in [0.25, 0.3) is 5.65 Å². The predicted octanol–water partition coefficient (Wildman–Crippen LogP) is 0.200. The van der Waals surface area contributed by atoms with Crippen LogP contribution >= 0.6 is 34.9 Å². The summed E-state index contributed by atoms with van der Waals surface area (Å²) >= 11 is 3.25. The summed E-state index contributed by atoms with van der Waals surface area (Å²) in [7, 11) is 0. The van der Waals surface area contributed by atoms with E-state index < -0.39 is 75.6 Å². The van der Waals surface area contributed by atoms with Gasteiger partial charge >= 0.3 is 53.4 Å². The molecule has 1 aromatic carbocycles. The fourth-order valence-electron chi connectivity index (χ4n) is 5.89. The quantitative estimate of drug-likeness (QED) is 0.0144. The molecule has 0 bridgehead atoms. The number of fused-ring (bicyclic) bond motifs is 2. The Morgan fingerprint density at radius 3 is 2.38 bits per heavy atom. The van der Waals surface area contributed by atoms with Crippen molar-refractivity contribution >= 4 is 128 Å². The second kappa shape index (κ2) is 19.3. The Kier molecular flexibility index (Phi) is 14.8. The van der Waals surface area contributed by atoms with Gasteiger partial charge in [0.05, 0.1) is 6.20 Å². The molecule has 27 heteroatoms. The molecule has 0 saturated carbocycles. The Bertz CT molecular complexity index is 2580. The monoisotopic (exact) mass is 936 g/mol. The van der Waals surface area contributed by atoms with Crippen molar-refractivity contribution in [3.05, 3.63) is 58.4 Å². The van der Waals surface area contributed by atoms with E-state index in [0.717, 1.165) is 61.0 Å². The summed E-state index contributed by atoms with van der Waals surface area (Å²) in [6.07, 6.45) is 1.16. The minimum absolute atomic E-state index is 0. The number of nitrogen functional groups attached to an aromatic ring is 1. The van der Waals surface area contributed by atoms with E-state index in [1.807, 2.05) is 0 Å². The molecule has 3 aromatic heterocycles. The molecule has 2 aliphatic heterocycles. The number of rotatable bonds is 14. The molecule has 0 spiro atoms. The van der Waals surface area contributed by atoms with Crippen LogP contribution in [-0.4, -0.2) is 153 Å². The van der Waals surface area contributed by atoms with Gasteiger partial charge in [-0.25, -0.2) is 19.3 Å². The van der Waals surface area contributed by atoms with Gasteiger partial charge in [0.1, 0.15) is 33.1 Å². The molecule has 4 aromatic rings. The molecule has 0 aliphatic carbocycles. The molecule has 2 unspecified atom stereocenters. The molecule has 6 rings (SSSR count). The minimum atomic E-state index is -1.86. The fourth-order valence-corrected chi connectivity index (χ4v) is 9.36. The van der Waals surface area contributed by atoms with E-state index in [0.29, 0.717) is 10.7 Å². The number of amides is 4. The van der Waals surface area contributed by atoms with Gasteiger partial charge in [-0.3, -0.25) is 44.4 Å². The van der Waals surface area contributed by atoms with E-state index in [1.54, 1.807) is 13.0 Å². The van der Waals surface area contributed by atoms with Crippen molar-refractivity contribution in [3.63, 3.8) is 0 Å². The molecule has 3 atom stereocenters. The number of hydrogen-bond acceptors (Lipinski definition) is 19. The van der Waals surface area contributed by atoms with Gasteiger partial charge < -0.3 is 40.5 Å². The van der Waals surface area contributed by atoms with E-state index in [9.17, 15) is 48.6 Å². The number of thiazole rings is 1. The number of oxime groups is 1. The van der Waals surface area contributed by atoms with Crippen LogP contribution in [0.4, 0.5) is 5.13 Å². The summed E-state index contributed by atoms with van der Waals surface area (Å²) < 4.78 is 11.3. The van der Waals surface area contributed by atoms with Gasteiger partial charge in [0.2, 0.25) is 11.5 Å². The summed E-state index contributed by atoms with van der Waals surface area (Å²) in [4.78, 5) is 116. The molecular weight excluding hydrogens is 900 g/mol. The summed E-state index contributed by atoms with van der Waals surface area (Å²) in [6, 6.07) is 4.11. The van der Waals surface area contributed by atoms with Gasteiger partial charge in [-0.2, -0.15) is 5.10 Å². The first-order valence-electron chi connectivity index (χ1n) is 18.0. The molecular formula is C36H37N10NaO13S3. The van der Waals surface area contributed by atoms with Crippen LogP contribution in [-0.2, 0) is 33.6 Å². The number of esters is 2. The van der Waals surface area contributed by atoms with Crippen molar-refractivity contribution in [1.82, 2.24) is 40.7 Å². The normalized spacial score (nSPS) is 18.2. The van der Waals surface area contributed by atoms with Crippen LogP contribution in [0.15, 0.2) is 46.0 Å². The van der Waals surface area contributed by atoms with E-state index in [4.69, 9.17) is 20.0 Å². The first-order valence-corrected chi connectivity index (χ1v) is 20.9. The number of carbonyl (C=O) groups is 8. The topological polar surface area (TPSA) is 325 Å². The van der Waals surface area contributed by atoms with Crippen LogP contribution < -0.4 is 31.4 Å². The number of carboxylic acids is 2. The second-order valence-corrected chi connectivity index (χ2v) is 17.2. The number of nitrogens with zero attached hydrogens (tertiary/aromatic N) is 6. The average molecular weight is 937 g/mol. The molecule has 0 radical (unpaired) electrons. The number of aromatic carboxylic acids is 1. The number of benzene rings is 1. The van der Waals surface area contributed by atoms with Crippen LogP contribution in [0.1, 0.15) is 59.8 Å². The van der Waals surface area contributed by atoms with Crippen molar-refractivity contribution in [3.8, 4) is 11.5 Å². The number of hydrogen-bond donors (Lipinski definition) is 6. The number of nitrogens with two attached hydrogens (primary N) is 1. The van der Waals surface area contributed by atoms with Gasteiger partial charge in [-0.1, -0.05) is 5.16 Å². The third-order valence-electron chi connectivity index (χ3n) is 9.07. The van der Waals surface area contributed by atoms with E-state index in [-0.39, 0.29) is 86.7 Å². The maximum absolute atomic E-state index is 13.7. The van der Waals surface area contributed by atoms with Crippen molar-refractivity contribution in [2.75, 3.05) is 23.8 Å². The molecule has 7 N–H and O–H groups in total. The van der Waals surface area contributed by atoms with Crippen LogP contribution in [0, 0.1) is 12.3 Å². The Labute approximate surface area is 390 Å². The first kappa shape index (κ1) is 48.2. The molecule has 2 fully saturated rings. The van der Waals surface area contributed by atoms with Gasteiger partial charge in [0.25, 0.3) is 17.7 Å². The maximum atomic E-state index is 13.7. The number of anilines is 1. The number of aromatic nitrogens is 4. The second-order valence-electron chi connectivity index (χ2n) is 14.2. The van der Waals surface area contributed by atoms with Gasteiger partial charge in [-0.05, 0) is 45.0 Å². The summed E-state index contributed by atoms with van der Waals surface area (Å²) in [5, 5.41) is 31.8. The molecule has 2 aliphatic rings. The van der Waals surface area contributed by atoms with Crippen LogP contribution in [0.2, 0.25) is 0 Å². The number of aliphatic carboxylic acids is 1. The molecule has 4 amide bonds. The first-order chi connectivity index (χ1) is 29.2. The molecule has 23 nitrogen and oxygen atoms in total. The summed E-state index contributed by atoms with van der Waals surface area (Å²) in [5.74, 6) is -7.47. The molecule has 63 heavy (non-hydrogen) atoms. The number of ether oxygens (including phenoxy) is 2. The third-order valence-corrected chi connectivity index (χ3v) is 12.6. The number of carboxylic acid groups (broad SMARTS) is 2. The van der Waals surface area contributed by atoms with Gasteiger partial charge in [0.15, 0.2) is 28.0 Å². The van der Waals surface area contributed by atoms with Crippen LogP contribution in [0.5, 0.6) is 11.5 Å². The summed E-state index contributed by atoms with van der Waals surface area (Å²) in [5.41, 5.74) is 6.74. The fraction of sp³-hybridized carbons (Fsp3) is 0.333. The Morgan fingerprint density at radius 2 is 1.75 bits per heavy atom. The zero-order chi connectivity index (χ0) is 45.3. The molecule has 5 heterocycles. The van der Waals surface area contributed by atoms with E-state index >= 15 is 0 Å². The molecule has 328 valence electrons. The average Bonchev–Trinajstić information content (AvgIpc) is 3.84. The van der Waals surface area contributed by atoms with E-state index in [2.05, 4.69) is 36.4 Å². The number of carbonyl (C=O) groups excluding carboxylic acids is 6. The number of aryl methyl sites for hydroxylation is 1. The molecule has 2 saturated heterocycles. The standard InChI is InChI=1S/C36H36N10O13S3.Na.H/c1-15-8-23(46-26(39-15)19(10-38-46)31(52)53)61-13-36(33(55)56)12-45-29(51)25(30(45)62-14-36)41-28(50)24(20-11-60-34(37)40-20)44-59-35(4,5)32(54)43-42-27(49)18-6-7-21(57-16(2)47)22(9-18)58-17(3)48;;/h6-11,25,30H,12-14H2,1-5H3,(H2,37,40)(H,41,50)(H,42,49)(H,43,54)(H,52,53)(H,55,56);;/t25?,30-,36?;;/m1../s1. The zero-order valence-electron chi connectivity index (χ0n) is 33.1. The van der Waals surface area contributed by atoms with Crippen LogP contribution in [0.3, 0.4) is 0 Å². The Balaban J connectivity index is 0.00000748. The predicted molar refractivity (Wildman–Crippen MR) is 225 cm³/mol. The van der Waals surface area contributed by atoms with Crippen molar-refractivity contribution < 1.29 is 62.9 Å². The Morgan fingerprint density at radius 1 is 1.05 bits per heavy atom. The van der Waals surface area contributed by atoms with E-state index in [1.165, 1.54) is 40.8 Å². The number of β-lactam (4-membered cyclic amide) rings is 1. The van der Waals surface area contributed by atoms with Gasteiger partial charge in [0, 0.05) is 48.5 Å². The number of nitrogens with one attached hydrogen (secondary N) is 3. The SMILES string of the molecule is CC(=O)Oc1ccc(C(=O)NNC(=O)C(C)(C)ON=C(C(=O)NC2C(=O)N3CC(CSc4cc(C)nc5c(C(=O)O)cnn45)(C(=O)O)CS[C@H]23)c2csc(N)n2)cc1OC(C)=O.[NaH].